The van der Waals surface area contributed by atoms with Crippen LogP contribution in [0.2, 0.25) is 5.02 Å². The van der Waals surface area contributed by atoms with Gasteiger partial charge in [-0.2, -0.15) is 26.3 Å². The number of aryl methyl sites for hydroxylation is 2. The lowest BCUT2D eigenvalue weighted by Gasteiger charge is -2.06. The number of aliphatic carboxylic acids is 2. The van der Waals surface area contributed by atoms with Crippen LogP contribution < -0.4 is 20.5 Å². The molecule has 1 aromatic carbocycles. The number of fused-ring (bicyclic) bond motifs is 2. The summed E-state index contributed by atoms with van der Waals surface area (Å²) in [7, 11) is 0. The number of nitrogens with zero attached hydrogens (tertiary/aromatic N) is 1. The second kappa shape index (κ2) is 12.5. The molecule has 0 unspecified atom stereocenters. The number of carboxylic acid groups (broad SMARTS) is 2. The SMILES string of the molecule is Cc1nc2sc(C(=O)NCc3ccc4c(c3)OCO4)c(N)c2c(C)c1Cl.O=C(O)C(F)(F)F.O=C(O)C(F)(F)F. The summed E-state index contributed by atoms with van der Waals surface area (Å²) >= 11 is 7.54. The van der Waals surface area contributed by atoms with Crippen LogP contribution in [0.1, 0.15) is 26.5 Å². The Morgan fingerprint density at radius 1 is 1.05 bits per heavy atom. The van der Waals surface area contributed by atoms with Crippen LogP contribution in [0.25, 0.3) is 10.2 Å². The van der Waals surface area contributed by atoms with Gasteiger partial charge in [0.2, 0.25) is 6.79 Å². The number of carbonyl (C=O) groups is 3. The highest BCUT2D eigenvalue weighted by molar-refractivity contribution is 7.21. The summed E-state index contributed by atoms with van der Waals surface area (Å²) in [5.74, 6) is -4.36. The van der Waals surface area contributed by atoms with E-state index in [1.807, 2.05) is 32.0 Å². The first kappa shape index (κ1) is 32.2. The Balaban J connectivity index is 0.000000333. The van der Waals surface area contributed by atoms with Crippen molar-refractivity contribution in [2.45, 2.75) is 32.7 Å². The van der Waals surface area contributed by atoms with Crippen LogP contribution in [0, 0.1) is 13.8 Å². The third-order valence-corrected chi connectivity index (χ3v) is 6.45. The molecule has 4 rings (SSSR count). The number of nitrogen functional groups attached to an aromatic ring is 1. The van der Waals surface area contributed by atoms with E-state index in [1.165, 1.54) is 11.3 Å². The van der Waals surface area contributed by atoms with Gasteiger partial charge >= 0.3 is 24.3 Å². The van der Waals surface area contributed by atoms with Gasteiger partial charge in [0, 0.05) is 11.9 Å². The molecule has 1 amide bonds. The smallest absolute Gasteiger partial charge is 0.475 e. The van der Waals surface area contributed by atoms with Crippen LogP contribution in [0.15, 0.2) is 18.2 Å². The molecule has 40 heavy (non-hydrogen) atoms. The lowest BCUT2D eigenvalue weighted by molar-refractivity contribution is -0.193. The Hall–Kier alpha value is -3.99. The van der Waals surface area contributed by atoms with Crippen molar-refractivity contribution in [3.05, 3.63) is 44.9 Å². The number of aromatic nitrogens is 1. The molecule has 0 atom stereocenters. The summed E-state index contributed by atoms with van der Waals surface area (Å²) in [5.41, 5.74) is 9.12. The highest BCUT2D eigenvalue weighted by atomic mass is 35.5. The Morgan fingerprint density at radius 3 is 2.10 bits per heavy atom. The van der Waals surface area contributed by atoms with Crippen molar-refractivity contribution < 1.29 is 60.4 Å². The van der Waals surface area contributed by atoms with E-state index in [-0.39, 0.29) is 12.7 Å². The Labute approximate surface area is 229 Å². The second-order valence-corrected chi connectivity index (χ2v) is 9.01. The van der Waals surface area contributed by atoms with Crippen molar-refractivity contribution >= 4 is 56.7 Å². The van der Waals surface area contributed by atoms with Crippen LogP contribution in [-0.2, 0) is 16.1 Å². The number of amides is 1. The standard InChI is InChI=1S/C18H16ClN3O3S.2C2HF3O2/c1-8-13-15(20)16(26-18(13)22-9(2)14(8)19)17(23)21-6-10-3-4-11-12(5-10)25-7-24-11;2*3-2(4,5)1(6)7/h3-5H,6-7,20H2,1-2H3,(H,21,23);2*(H,6,7). The van der Waals surface area contributed by atoms with E-state index in [1.54, 1.807) is 0 Å². The van der Waals surface area contributed by atoms with E-state index in [2.05, 4.69) is 10.3 Å². The summed E-state index contributed by atoms with van der Waals surface area (Å²) in [5, 5.41) is 18.5. The molecule has 3 aromatic rings. The van der Waals surface area contributed by atoms with Crippen molar-refractivity contribution in [3.8, 4) is 11.5 Å². The lowest BCUT2D eigenvalue weighted by atomic mass is 10.1. The zero-order valence-corrected chi connectivity index (χ0v) is 21.7. The minimum atomic E-state index is -5.08. The van der Waals surface area contributed by atoms with Gasteiger partial charge < -0.3 is 30.7 Å². The fourth-order valence-corrected chi connectivity index (χ4v) is 4.19. The number of carboxylic acids is 2. The van der Waals surface area contributed by atoms with Crippen molar-refractivity contribution in [1.82, 2.24) is 10.3 Å². The number of nitrogens with one attached hydrogen (secondary N) is 1. The van der Waals surface area contributed by atoms with Crippen LogP contribution in [0.5, 0.6) is 11.5 Å². The highest BCUT2D eigenvalue weighted by Crippen LogP contribution is 2.38. The molecule has 5 N–H and O–H groups in total. The van der Waals surface area contributed by atoms with E-state index in [4.69, 9.17) is 46.6 Å². The molecule has 0 saturated heterocycles. The van der Waals surface area contributed by atoms with Gasteiger partial charge in [0.05, 0.1) is 16.4 Å². The molecular weight excluding hydrogens is 600 g/mol. The van der Waals surface area contributed by atoms with Crippen molar-refractivity contribution in [1.29, 1.82) is 0 Å². The second-order valence-electron chi connectivity index (χ2n) is 7.64. The number of nitrogens with two attached hydrogens (primary N) is 1. The van der Waals surface area contributed by atoms with Gasteiger partial charge in [-0.3, -0.25) is 4.79 Å². The molecule has 0 bridgehead atoms. The average molecular weight is 618 g/mol. The molecule has 0 radical (unpaired) electrons. The molecule has 0 fully saturated rings. The minimum Gasteiger partial charge on any atom is -0.475 e. The topological polar surface area (TPSA) is 161 Å². The zero-order valence-electron chi connectivity index (χ0n) is 20.2. The number of ether oxygens (including phenoxy) is 2. The molecule has 218 valence electrons. The average Bonchev–Trinajstić information content (AvgIpc) is 3.44. The number of alkyl halides is 6. The third-order valence-electron chi connectivity index (χ3n) is 4.80. The van der Waals surface area contributed by atoms with Crippen LogP contribution in [-0.4, -0.2) is 52.2 Å². The number of halogens is 7. The van der Waals surface area contributed by atoms with Gasteiger partial charge in [-0.25, -0.2) is 14.6 Å². The van der Waals surface area contributed by atoms with Gasteiger partial charge in [-0.1, -0.05) is 17.7 Å². The molecule has 3 heterocycles. The number of hydrogen-bond acceptors (Lipinski definition) is 8. The summed E-state index contributed by atoms with van der Waals surface area (Å²) in [6, 6.07) is 5.57. The maximum absolute atomic E-state index is 12.6. The molecule has 0 aliphatic carbocycles. The molecule has 1 aliphatic heterocycles. The van der Waals surface area contributed by atoms with Crippen LogP contribution >= 0.6 is 22.9 Å². The predicted molar refractivity (Wildman–Crippen MR) is 130 cm³/mol. The van der Waals surface area contributed by atoms with Gasteiger partial charge in [-0.15, -0.1) is 11.3 Å². The number of benzene rings is 1. The molecule has 0 spiro atoms. The number of hydrogen-bond donors (Lipinski definition) is 4. The molecule has 1 aliphatic rings. The molecule has 0 saturated carbocycles. The number of thiophene rings is 1. The quantitative estimate of drug-likeness (QED) is 0.294. The summed E-state index contributed by atoms with van der Waals surface area (Å²) in [4.78, 5) is 36.0. The summed E-state index contributed by atoms with van der Waals surface area (Å²) < 4.78 is 74.1. The summed E-state index contributed by atoms with van der Waals surface area (Å²) in [6.07, 6.45) is -10.2. The van der Waals surface area contributed by atoms with Crippen molar-refractivity contribution in [3.63, 3.8) is 0 Å². The Morgan fingerprint density at radius 2 is 1.57 bits per heavy atom. The number of anilines is 1. The van der Waals surface area contributed by atoms with Gasteiger partial charge in [0.25, 0.3) is 5.91 Å². The van der Waals surface area contributed by atoms with Gasteiger partial charge in [0.15, 0.2) is 11.5 Å². The van der Waals surface area contributed by atoms with Gasteiger partial charge in [0.1, 0.15) is 9.71 Å². The molecule has 18 heteroatoms. The third kappa shape index (κ3) is 8.01. The molecule has 10 nitrogen and oxygen atoms in total. The Kier molecular flexibility index (Phi) is 10.0. The Bertz CT molecular complexity index is 1420. The predicted octanol–water partition coefficient (Wildman–Crippen LogP) is 5.07. The van der Waals surface area contributed by atoms with Crippen molar-refractivity contribution in [2.24, 2.45) is 0 Å². The van der Waals surface area contributed by atoms with Crippen LogP contribution in [0.3, 0.4) is 0 Å². The maximum Gasteiger partial charge on any atom is 0.490 e. The normalized spacial score (nSPS) is 12.1. The van der Waals surface area contributed by atoms with Crippen LogP contribution in [0.4, 0.5) is 32.0 Å². The van der Waals surface area contributed by atoms with Gasteiger partial charge in [-0.05, 0) is 37.1 Å². The maximum atomic E-state index is 12.6. The number of carbonyl (C=O) groups excluding carboxylic acids is 1. The van der Waals surface area contributed by atoms with E-state index < -0.39 is 24.3 Å². The number of rotatable bonds is 3. The lowest BCUT2D eigenvalue weighted by Crippen LogP contribution is -2.22. The fourth-order valence-electron chi connectivity index (χ4n) is 2.94. The van der Waals surface area contributed by atoms with E-state index in [0.717, 1.165) is 27.0 Å². The molecular formula is C22H18ClF6N3O7S. The first-order valence-electron chi connectivity index (χ1n) is 10.5. The van der Waals surface area contributed by atoms with Crippen molar-refractivity contribution in [2.75, 3.05) is 12.5 Å². The number of pyridine rings is 1. The first-order valence-corrected chi connectivity index (χ1v) is 11.7. The van der Waals surface area contributed by atoms with E-state index >= 15 is 0 Å². The first-order chi connectivity index (χ1) is 18.3. The largest absolute Gasteiger partial charge is 0.490 e. The highest BCUT2D eigenvalue weighted by Gasteiger charge is 2.38. The zero-order chi connectivity index (χ0) is 30.6. The fraction of sp³-hybridized carbons (Fsp3) is 0.273. The van der Waals surface area contributed by atoms with E-state index in [9.17, 15) is 31.1 Å². The minimum absolute atomic E-state index is 0.220. The molecule has 2 aromatic heterocycles. The van der Waals surface area contributed by atoms with E-state index in [0.29, 0.717) is 33.6 Å². The monoisotopic (exact) mass is 617 g/mol. The summed E-state index contributed by atoms with van der Waals surface area (Å²) in [6.45, 7) is 4.30.